The van der Waals surface area contributed by atoms with Crippen molar-refractivity contribution < 1.29 is 0 Å². The van der Waals surface area contributed by atoms with Gasteiger partial charge in [0.1, 0.15) is 5.66 Å². The van der Waals surface area contributed by atoms with E-state index >= 15 is 0 Å². The van der Waals surface area contributed by atoms with E-state index in [1.165, 1.54) is 65.5 Å². The summed E-state index contributed by atoms with van der Waals surface area (Å²) in [6, 6.07) is 35.7. The number of nitrogens with zero attached hydrogens (tertiary/aromatic N) is 2. The van der Waals surface area contributed by atoms with Crippen molar-refractivity contribution in [2.75, 3.05) is 0 Å². The minimum Gasteiger partial charge on any atom is -0.316 e. The van der Waals surface area contributed by atoms with Crippen molar-refractivity contribution in [1.29, 1.82) is 0 Å². The van der Waals surface area contributed by atoms with E-state index < -0.39 is 0 Å². The lowest BCUT2D eigenvalue weighted by atomic mass is 9.92. The largest absolute Gasteiger partial charge is 0.316 e. The smallest absolute Gasteiger partial charge is 0.116 e. The summed E-state index contributed by atoms with van der Waals surface area (Å²) < 4.78 is 5.15. The number of fused-ring (bicyclic) bond motifs is 6. The molecule has 2 nitrogen and oxygen atoms in total. The Kier molecular flexibility index (Phi) is 3.00. The Morgan fingerprint density at radius 2 is 1.06 bits per heavy atom. The molecule has 0 spiro atoms. The lowest BCUT2D eigenvalue weighted by Gasteiger charge is -2.36. The quantitative estimate of drug-likeness (QED) is 0.252. The van der Waals surface area contributed by atoms with Gasteiger partial charge in [0.2, 0.25) is 0 Å². The number of rotatable bonds is 1. The standard InChI is InChI=1S/C31H22N2/c1-31(2)32-26-14-8-6-12-20(26)23-17-16-22-24(19-10-4-3-5-11-19)18-25-21-13-7-9-15-27(21)33(31)30(25)28(22)29(23)32/h3-18H,1-2H3. The third-order valence-electron chi connectivity index (χ3n) is 7.75. The predicted molar refractivity (Wildman–Crippen MR) is 140 cm³/mol. The van der Waals surface area contributed by atoms with Gasteiger partial charge in [0.05, 0.1) is 22.1 Å². The molecule has 0 aliphatic carbocycles. The summed E-state index contributed by atoms with van der Waals surface area (Å²) in [5, 5.41) is 8.03. The maximum atomic E-state index is 2.58. The monoisotopic (exact) mass is 422 g/mol. The van der Waals surface area contributed by atoms with Gasteiger partial charge >= 0.3 is 0 Å². The molecule has 7 aromatic rings. The van der Waals surface area contributed by atoms with Crippen LogP contribution in [0, 0.1) is 0 Å². The van der Waals surface area contributed by atoms with Gasteiger partial charge < -0.3 is 9.13 Å². The number of para-hydroxylation sites is 2. The summed E-state index contributed by atoms with van der Waals surface area (Å²) in [6.45, 7) is 4.72. The van der Waals surface area contributed by atoms with Crippen molar-refractivity contribution in [2.45, 2.75) is 19.5 Å². The molecular weight excluding hydrogens is 400 g/mol. The van der Waals surface area contributed by atoms with Gasteiger partial charge in [-0.15, -0.1) is 0 Å². The van der Waals surface area contributed by atoms with Crippen LogP contribution in [0.15, 0.2) is 97.1 Å². The third-order valence-corrected chi connectivity index (χ3v) is 7.75. The van der Waals surface area contributed by atoms with Crippen LogP contribution in [0.4, 0.5) is 0 Å². The highest BCUT2D eigenvalue weighted by atomic mass is 15.3. The summed E-state index contributed by atoms with van der Waals surface area (Å²) in [7, 11) is 0. The van der Waals surface area contributed by atoms with Crippen LogP contribution in [0.5, 0.6) is 0 Å². The summed E-state index contributed by atoms with van der Waals surface area (Å²) >= 11 is 0. The molecule has 0 saturated carbocycles. The van der Waals surface area contributed by atoms with E-state index in [9.17, 15) is 0 Å². The minimum atomic E-state index is -0.238. The molecule has 0 fully saturated rings. The molecule has 5 aromatic carbocycles. The second-order valence-corrected chi connectivity index (χ2v) is 9.77. The summed E-state index contributed by atoms with van der Waals surface area (Å²) in [5.41, 5.74) is 7.64. The fraction of sp³-hybridized carbons (Fsp3) is 0.0968. The molecule has 0 amide bonds. The van der Waals surface area contributed by atoms with Gasteiger partial charge in [-0.25, -0.2) is 0 Å². The van der Waals surface area contributed by atoms with E-state index in [0.29, 0.717) is 0 Å². The summed E-state index contributed by atoms with van der Waals surface area (Å²) in [4.78, 5) is 0. The van der Waals surface area contributed by atoms with Crippen molar-refractivity contribution in [3.8, 4) is 11.1 Å². The van der Waals surface area contributed by atoms with Gasteiger partial charge in [0.15, 0.2) is 0 Å². The Labute approximate surface area is 191 Å². The zero-order chi connectivity index (χ0) is 21.9. The molecule has 1 aliphatic heterocycles. The molecule has 2 aromatic heterocycles. The van der Waals surface area contributed by atoms with Crippen LogP contribution in [0.1, 0.15) is 13.8 Å². The Bertz CT molecular complexity index is 1910. The van der Waals surface area contributed by atoms with Gasteiger partial charge in [-0.3, -0.25) is 0 Å². The van der Waals surface area contributed by atoms with Crippen molar-refractivity contribution >= 4 is 54.4 Å². The van der Waals surface area contributed by atoms with Gasteiger partial charge in [-0.2, -0.15) is 0 Å². The van der Waals surface area contributed by atoms with E-state index in [-0.39, 0.29) is 5.66 Å². The van der Waals surface area contributed by atoms with Gasteiger partial charge in [-0.1, -0.05) is 78.9 Å². The van der Waals surface area contributed by atoms with Gasteiger partial charge in [0.25, 0.3) is 0 Å². The van der Waals surface area contributed by atoms with Crippen molar-refractivity contribution in [2.24, 2.45) is 0 Å². The fourth-order valence-corrected chi connectivity index (χ4v) is 6.49. The van der Waals surface area contributed by atoms with E-state index in [0.717, 1.165) is 0 Å². The maximum Gasteiger partial charge on any atom is 0.116 e. The molecule has 156 valence electrons. The van der Waals surface area contributed by atoms with E-state index in [1.807, 2.05) is 0 Å². The second kappa shape index (κ2) is 5.65. The number of hydrogen-bond acceptors (Lipinski definition) is 0. The molecule has 8 rings (SSSR count). The van der Waals surface area contributed by atoms with E-state index in [4.69, 9.17) is 0 Å². The fourth-order valence-electron chi connectivity index (χ4n) is 6.49. The SMILES string of the molecule is CC1(C)n2c3ccccc3c3ccc4c(-c5ccccc5)cc5c6ccccc6n1c5c4c32. The molecule has 0 N–H and O–H groups in total. The molecule has 0 unspecified atom stereocenters. The molecule has 0 atom stereocenters. The molecule has 0 bridgehead atoms. The maximum absolute atomic E-state index is 2.58. The van der Waals surface area contributed by atoms with E-state index in [2.05, 4.69) is 120 Å². The molecule has 3 heterocycles. The lowest BCUT2D eigenvalue weighted by molar-refractivity contribution is 0.328. The summed E-state index contributed by atoms with van der Waals surface area (Å²) in [6.07, 6.45) is 0. The van der Waals surface area contributed by atoms with E-state index in [1.54, 1.807) is 0 Å². The highest BCUT2D eigenvalue weighted by molar-refractivity contribution is 6.31. The second-order valence-electron chi connectivity index (χ2n) is 9.77. The normalized spacial score (nSPS) is 14.6. The first-order chi connectivity index (χ1) is 16.2. The Morgan fingerprint density at radius 1 is 0.515 bits per heavy atom. The van der Waals surface area contributed by atoms with Gasteiger partial charge in [-0.05, 0) is 48.6 Å². The average Bonchev–Trinajstić information content (AvgIpc) is 3.38. The Morgan fingerprint density at radius 3 is 1.76 bits per heavy atom. The van der Waals surface area contributed by atoms with Crippen LogP contribution in [0.2, 0.25) is 0 Å². The van der Waals surface area contributed by atoms with Crippen molar-refractivity contribution in [3.05, 3.63) is 97.1 Å². The number of hydrogen-bond donors (Lipinski definition) is 0. The first kappa shape index (κ1) is 17.5. The summed E-state index contributed by atoms with van der Waals surface area (Å²) in [5.74, 6) is 0. The lowest BCUT2D eigenvalue weighted by Crippen LogP contribution is -2.36. The minimum absolute atomic E-state index is 0.238. The number of benzene rings is 5. The zero-order valence-corrected chi connectivity index (χ0v) is 18.6. The molecular formula is C31H22N2. The topological polar surface area (TPSA) is 9.86 Å². The van der Waals surface area contributed by atoms with Crippen molar-refractivity contribution in [3.63, 3.8) is 0 Å². The molecule has 0 saturated heterocycles. The average molecular weight is 423 g/mol. The Balaban J connectivity index is 1.76. The van der Waals surface area contributed by atoms with Gasteiger partial charge in [0, 0.05) is 26.9 Å². The van der Waals surface area contributed by atoms with Crippen LogP contribution in [-0.2, 0) is 5.66 Å². The first-order valence-electron chi connectivity index (χ1n) is 11.6. The predicted octanol–water partition coefficient (Wildman–Crippen LogP) is 8.28. The zero-order valence-electron chi connectivity index (χ0n) is 18.6. The number of aromatic nitrogens is 2. The Hall–Kier alpha value is -4.04. The van der Waals surface area contributed by atoms with Crippen LogP contribution in [-0.4, -0.2) is 9.13 Å². The third kappa shape index (κ3) is 1.92. The van der Waals surface area contributed by atoms with Crippen LogP contribution < -0.4 is 0 Å². The molecule has 33 heavy (non-hydrogen) atoms. The first-order valence-corrected chi connectivity index (χ1v) is 11.6. The molecule has 0 radical (unpaired) electrons. The molecule has 1 aliphatic rings. The molecule has 2 heteroatoms. The highest BCUT2D eigenvalue weighted by Gasteiger charge is 2.36. The van der Waals surface area contributed by atoms with Crippen LogP contribution in [0.25, 0.3) is 65.5 Å². The van der Waals surface area contributed by atoms with Crippen LogP contribution in [0.3, 0.4) is 0 Å². The van der Waals surface area contributed by atoms with Crippen LogP contribution >= 0.6 is 0 Å². The highest BCUT2D eigenvalue weighted by Crippen LogP contribution is 2.50. The van der Waals surface area contributed by atoms with Crippen molar-refractivity contribution in [1.82, 2.24) is 9.13 Å².